The van der Waals surface area contributed by atoms with Gasteiger partial charge in [-0.15, -0.1) is 0 Å². The van der Waals surface area contributed by atoms with E-state index in [1.807, 2.05) is 12.1 Å². The molecule has 0 aromatic heterocycles. The molecule has 24 heavy (non-hydrogen) atoms. The van der Waals surface area contributed by atoms with Gasteiger partial charge in [-0.1, -0.05) is 11.6 Å². The normalized spacial score (nSPS) is 16.8. The predicted octanol–water partition coefficient (Wildman–Crippen LogP) is 4.75. The van der Waals surface area contributed by atoms with Crippen LogP contribution < -0.4 is 10.1 Å². The van der Waals surface area contributed by atoms with Crippen molar-refractivity contribution in [2.24, 2.45) is 0 Å². The molecule has 1 aliphatic heterocycles. The lowest BCUT2D eigenvalue weighted by Crippen LogP contribution is -2.18. The molecule has 6 heteroatoms. The Kier molecular flexibility index (Phi) is 5.97. The standard InChI is InChI=1S/C18H17ClINO3/c19-13-5-8-17(24-11-15-2-1-9-23-15)16(10-13)21-18(22)12-3-6-14(20)7-4-12/h3-8,10,15H,1-2,9,11H2,(H,21,22). The second-order valence-electron chi connectivity index (χ2n) is 5.55. The maximum absolute atomic E-state index is 12.4. The number of anilines is 1. The topological polar surface area (TPSA) is 47.6 Å². The highest BCUT2D eigenvalue weighted by atomic mass is 127. The number of hydrogen-bond donors (Lipinski definition) is 1. The van der Waals surface area contributed by atoms with E-state index in [9.17, 15) is 4.79 Å². The summed E-state index contributed by atoms with van der Waals surface area (Å²) >= 11 is 8.26. The quantitative estimate of drug-likeness (QED) is 0.659. The van der Waals surface area contributed by atoms with Crippen LogP contribution in [0.15, 0.2) is 42.5 Å². The highest BCUT2D eigenvalue weighted by molar-refractivity contribution is 14.1. The predicted molar refractivity (Wildman–Crippen MR) is 103 cm³/mol. The van der Waals surface area contributed by atoms with Crippen LogP contribution in [0.4, 0.5) is 5.69 Å². The molecule has 1 amide bonds. The van der Waals surface area contributed by atoms with Crippen LogP contribution in [-0.2, 0) is 4.74 Å². The van der Waals surface area contributed by atoms with Gasteiger partial charge in [-0.25, -0.2) is 0 Å². The molecule has 0 aliphatic carbocycles. The molecule has 3 rings (SSSR count). The minimum Gasteiger partial charge on any atom is -0.489 e. The van der Waals surface area contributed by atoms with E-state index in [2.05, 4.69) is 27.9 Å². The molecule has 1 saturated heterocycles. The Hall–Kier alpha value is -1.31. The van der Waals surface area contributed by atoms with Gasteiger partial charge >= 0.3 is 0 Å². The maximum Gasteiger partial charge on any atom is 0.255 e. The number of carbonyl (C=O) groups excluding carboxylic acids is 1. The number of nitrogens with one attached hydrogen (secondary N) is 1. The summed E-state index contributed by atoms with van der Waals surface area (Å²) < 4.78 is 12.5. The Balaban J connectivity index is 1.72. The van der Waals surface area contributed by atoms with Gasteiger partial charge < -0.3 is 14.8 Å². The molecule has 1 N–H and O–H groups in total. The summed E-state index contributed by atoms with van der Waals surface area (Å²) in [7, 11) is 0. The van der Waals surface area contributed by atoms with Crippen LogP contribution in [0.5, 0.6) is 5.75 Å². The second-order valence-corrected chi connectivity index (χ2v) is 7.23. The fourth-order valence-corrected chi connectivity index (χ4v) is 3.01. The van der Waals surface area contributed by atoms with Crippen LogP contribution in [0.2, 0.25) is 5.02 Å². The maximum atomic E-state index is 12.4. The van der Waals surface area contributed by atoms with Crippen molar-refractivity contribution in [3.63, 3.8) is 0 Å². The smallest absolute Gasteiger partial charge is 0.255 e. The van der Waals surface area contributed by atoms with Crippen molar-refractivity contribution in [2.75, 3.05) is 18.5 Å². The van der Waals surface area contributed by atoms with E-state index in [1.165, 1.54) is 0 Å². The van der Waals surface area contributed by atoms with Crippen molar-refractivity contribution < 1.29 is 14.3 Å². The summed E-state index contributed by atoms with van der Waals surface area (Å²) in [5.74, 6) is 0.393. The zero-order chi connectivity index (χ0) is 16.9. The van der Waals surface area contributed by atoms with Gasteiger partial charge in [0.2, 0.25) is 0 Å². The van der Waals surface area contributed by atoms with Crippen LogP contribution in [0.1, 0.15) is 23.2 Å². The van der Waals surface area contributed by atoms with Crippen molar-refractivity contribution in [3.05, 3.63) is 56.6 Å². The lowest BCUT2D eigenvalue weighted by Gasteiger charge is -2.15. The van der Waals surface area contributed by atoms with E-state index in [4.69, 9.17) is 21.1 Å². The zero-order valence-corrected chi connectivity index (χ0v) is 15.8. The summed E-state index contributed by atoms with van der Waals surface area (Å²) in [4.78, 5) is 12.4. The van der Waals surface area contributed by atoms with Crippen molar-refractivity contribution in [1.82, 2.24) is 0 Å². The molecule has 0 saturated carbocycles. The molecule has 1 atom stereocenters. The number of rotatable bonds is 5. The third-order valence-corrected chi connectivity index (χ3v) is 4.70. The fourth-order valence-electron chi connectivity index (χ4n) is 2.48. The van der Waals surface area contributed by atoms with Gasteiger partial charge in [0, 0.05) is 20.8 Å². The molecule has 4 nitrogen and oxygen atoms in total. The van der Waals surface area contributed by atoms with Gasteiger partial charge in [0.05, 0.1) is 11.8 Å². The van der Waals surface area contributed by atoms with Gasteiger partial charge in [0.25, 0.3) is 5.91 Å². The van der Waals surface area contributed by atoms with E-state index in [1.54, 1.807) is 30.3 Å². The van der Waals surface area contributed by atoms with Crippen LogP contribution >= 0.6 is 34.2 Å². The number of amides is 1. The Morgan fingerprint density at radius 3 is 2.79 bits per heavy atom. The fraction of sp³-hybridized carbons (Fsp3) is 0.278. The minimum atomic E-state index is -0.198. The summed E-state index contributed by atoms with van der Waals surface area (Å²) in [6, 6.07) is 12.6. The number of halogens is 2. The third-order valence-electron chi connectivity index (χ3n) is 3.74. The van der Waals surface area contributed by atoms with Crippen LogP contribution in [0, 0.1) is 3.57 Å². The number of hydrogen-bond acceptors (Lipinski definition) is 3. The largest absolute Gasteiger partial charge is 0.489 e. The Morgan fingerprint density at radius 2 is 2.08 bits per heavy atom. The van der Waals surface area contributed by atoms with E-state index < -0.39 is 0 Å². The third kappa shape index (κ3) is 4.62. The van der Waals surface area contributed by atoms with E-state index in [0.717, 1.165) is 23.0 Å². The first-order valence-electron chi connectivity index (χ1n) is 7.73. The van der Waals surface area contributed by atoms with Crippen LogP contribution in [0.25, 0.3) is 0 Å². The number of ether oxygens (including phenoxy) is 2. The van der Waals surface area contributed by atoms with E-state index in [-0.39, 0.29) is 12.0 Å². The van der Waals surface area contributed by atoms with E-state index in [0.29, 0.717) is 28.6 Å². The lowest BCUT2D eigenvalue weighted by molar-refractivity contribution is 0.0682. The summed E-state index contributed by atoms with van der Waals surface area (Å²) in [6.45, 7) is 1.25. The van der Waals surface area contributed by atoms with Gasteiger partial charge in [0.1, 0.15) is 12.4 Å². The number of benzene rings is 2. The van der Waals surface area contributed by atoms with Gasteiger partial charge in [0.15, 0.2) is 0 Å². The molecule has 1 fully saturated rings. The Bertz CT molecular complexity index is 715. The summed E-state index contributed by atoms with van der Waals surface area (Å²) in [5.41, 5.74) is 1.14. The number of carbonyl (C=O) groups is 1. The Morgan fingerprint density at radius 1 is 1.29 bits per heavy atom. The molecule has 2 aromatic rings. The molecule has 0 spiro atoms. The SMILES string of the molecule is O=C(Nc1cc(Cl)ccc1OCC1CCCO1)c1ccc(I)cc1. The molecular weight excluding hydrogens is 441 g/mol. The van der Waals surface area contributed by atoms with Crippen LogP contribution in [0.3, 0.4) is 0 Å². The van der Waals surface area contributed by atoms with E-state index >= 15 is 0 Å². The first-order chi connectivity index (χ1) is 11.6. The Labute approximate surface area is 159 Å². The first kappa shape index (κ1) is 17.5. The molecular formula is C18H17ClINO3. The highest BCUT2D eigenvalue weighted by Gasteiger charge is 2.17. The molecule has 0 bridgehead atoms. The van der Waals surface area contributed by atoms with Crippen molar-refractivity contribution in [2.45, 2.75) is 18.9 Å². The van der Waals surface area contributed by atoms with Crippen molar-refractivity contribution in [1.29, 1.82) is 0 Å². The highest BCUT2D eigenvalue weighted by Crippen LogP contribution is 2.29. The second kappa shape index (κ2) is 8.18. The first-order valence-corrected chi connectivity index (χ1v) is 9.18. The zero-order valence-electron chi connectivity index (χ0n) is 12.9. The summed E-state index contributed by atoms with van der Waals surface area (Å²) in [6.07, 6.45) is 2.17. The molecule has 126 valence electrons. The molecule has 1 unspecified atom stereocenters. The molecule has 1 aliphatic rings. The monoisotopic (exact) mass is 457 g/mol. The molecule has 2 aromatic carbocycles. The van der Waals surface area contributed by atoms with Gasteiger partial charge in [-0.2, -0.15) is 0 Å². The lowest BCUT2D eigenvalue weighted by atomic mass is 10.2. The summed E-state index contributed by atoms with van der Waals surface area (Å²) in [5, 5.41) is 3.41. The molecule has 1 heterocycles. The minimum absolute atomic E-state index is 0.112. The van der Waals surface area contributed by atoms with Crippen molar-refractivity contribution >= 4 is 45.8 Å². The average molecular weight is 458 g/mol. The molecule has 0 radical (unpaired) electrons. The van der Waals surface area contributed by atoms with Gasteiger partial charge in [-0.3, -0.25) is 4.79 Å². The van der Waals surface area contributed by atoms with Crippen LogP contribution in [-0.4, -0.2) is 25.2 Å². The van der Waals surface area contributed by atoms with Crippen molar-refractivity contribution in [3.8, 4) is 5.75 Å². The average Bonchev–Trinajstić information content (AvgIpc) is 3.08. The van der Waals surface area contributed by atoms with Gasteiger partial charge in [-0.05, 0) is 77.9 Å².